The van der Waals surface area contributed by atoms with E-state index in [-0.39, 0.29) is 33.0 Å². The molecule has 1 unspecified atom stereocenters. The molecule has 0 radical (unpaired) electrons. The minimum absolute atomic E-state index is 0.0278. The third kappa shape index (κ3) is 36.1. The van der Waals surface area contributed by atoms with Crippen molar-refractivity contribution in [3.8, 4) is 0 Å². The summed E-state index contributed by atoms with van der Waals surface area (Å²) in [6.07, 6.45) is -1.51. The molecule has 0 saturated heterocycles. The zero-order chi connectivity index (χ0) is 14.8. The monoisotopic (exact) mass is 274 g/mol. The Balaban J connectivity index is -0.000000190. The van der Waals surface area contributed by atoms with Gasteiger partial charge >= 0.3 is 0 Å². The summed E-state index contributed by atoms with van der Waals surface area (Å²) in [5.74, 6) is 0. The molecule has 0 aromatic rings. The topological polar surface area (TPSA) is 151 Å². The van der Waals surface area contributed by atoms with E-state index in [1.165, 1.54) is 6.92 Å². The van der Waals surface area contributed by atoms with Crippen molar-refractivity contribution in [3.63, 3.8) is 0 Å². The van der Waals surface area contributed by atoms with Crippen LogP contribution < -0.4 is 0 Å². The van der Waals surface area contributed by atoms with Crippen LogP contribution >= 0.6 is 0 Å². The SMILES string of the molecule is CC(O)CO.OCC(O)CO.OCCOCCO. The minimum atomic E-state index is -0.954. The standard InChI is InChI=1S/C4H10O3.C3H8O3.C3H8O2/c5-1-3-7-4-2-6;4-1-3(6)2-5;1-3(5)2-4/h5-6H,1-4H2;3-6H,1-2H2;3-5H,2H2,1H3. The predicted molar refractivity (Wildman–Crippen MR) is 63.9 cm³/mol. The van der Waals surface area contributed by atoms with Crippen molar-refractivity contribution in [2.75, 3.05) is 46.2 Å². The van der Waals surface area contributed by atoms with E-state index in [0.29, 0.717) is 13.2 Å². The fourth-order valence-electron chi connectivity index (χ4n) is 0.289. The highest BCUT2D eigenvalue weighted by molar-refractivity contribution is 4.44. The van der Waals surface area contributed by atoms with E-state index in [1.807, 2.05) is 0 Å². The van der Waals surface area contributed by atoms with Crippen LogP contribution in [-0.2, 0) is 4.74 Å². The lowest BCUT2D eigenvalue weighted by Crippen LogP contribution is -2.15. The lowest BCUT2D eigenvalue weighted by molar-refractivity contribution is 0.0450. The van der Waals surface area contributed by atoms with Gasteiger partial charge < -0.3 is 40.5 Å². The maximum Gasteiger partial charge on any atom is 0.100 e. The average molecular weight is 274 g/mol. The van der Waals surface area contributed by atoms with Gasteiger partial charge in [-0.15, -0.1) is 0 Å². The third-order valence-corrected chi connectivity index (χ3v) is 1.16. The van der Waals surface area contributed by atoms with Gasteiger partial charge in [0.25, 0.3) is 0 Å². The fourth-order valence-corrected chi connectivity index (χ4v) is 0.289. The van der Waals surface area contributed by atoms with E-state index in [2.05, 4.69) is 4.74 Å². The van der Waals surface area contributed by atoms with E-state index >= 15 is 0 Å². The molecule has 0 aliphatic heterocycles. The molecule has 0 fully saturated rings. The largest absolute Gasteiger partial charge is 0.394 e. The maximum absolute atomic E-state index is 8.17. The van der Waals surface area contributed by atoms with Gasteiger partial charge in [-0.25, -0.2) is 0 Å². The molecule has 0 heterocycles. The van der Waals surface area contributed by atoms with Gasteiger partial charge in [-0.2, -0.15) is 0 Å². The van der Waals surface area contributed by atoms with Gasteiger partial charge in [0.1, 0.15) is 6.10 Å². The van der Waals surface area contributed by atoms with E-state index < -0.39 is 12.2 Å². The number of hydrogen-bond donors (Lipinski definition) is 7. The van der Waals surface area contributed by atoms with Gasteiger partial charge in [0.2, 0.25) is 0 Å². The van der Waals surface area contributed by atoms with Crippen molar-refractivity contribution >= 4 is 0 Å². The summed E-state index contributed by atoms with van der Waals surface area (Å²) in [4.78, 5) is 0. The van der Waals surface area contributed by atoms with Crippen molar-refractivity contribution in [2.24, 2.45) is 0 Å². The van der Waals surface area contributed by atoms with Crippen LogP contribution in [0.3, 0.4) is 0 Å². The quantitative estimate of drug-likeness (QED) is 0.238. The zero-order valence-electron chi connectivity index (χ0n) is 10.6. The van der Waals surface area contributed by atoms with Crippen molar-refractivity contribution in [1.29, 1.82) is 0 Å². The van der Waals surface area contributed by atoms with Crippen LogP contribution in [0.15, 0.2) is 0 Å². The highest BCUT2D eigenvalue weighted by Crippen LogP contribution is 1.71. The summed E-state index contributed by atoms with van der Waals surface area (Å²) in [7, 11) is 0. The molecule has 18 heavy (non-hydrogen) atoms. The molecule has 0 bridgehead atoms. The van der Waals surface area contributed by atoms with E-state index in [4.69, 9.17) is 35.7 Å². The predicted octanol–water partition coefficient (Wildman–Crippen LogP) is -3.32. The number of hydrogen-bond acceptors (Lipinski definition) is 8. The summed E-state index contributed by atoms with van der Waals surface area (Å²) in [6, 6.07) is 0. The van der Waals surface area contributed by atoms with Gasteiger partial charge in [0, 0.05) is 0 Å². The van der Waals surface area contributed by atoms with Crippen molar-refractivity contribution in [3.05, 3.63) is 0 Å². The lowest BCUT2D eigenvalue weighted by Gasteiger charge is -1.96. The van der Waals surface area contributed by atoms with Gasteiger partial charge in [-0.05, 0) is 6.92 Å². The highest BCUT2D eigenvalue weighted by Gasteiger charge is 1.93. The molecule has 0 saturated carbocycles. The van der Waals surface area contributed by atoms with Crippen LogP contribution in [0.25, 0.3) is 0 Å². The second-order valence-electron chi connectivity index (χ2n) is 3.11. The fraction of sp³-hybridized carbons (Fsp3) is 1.00. The first-order valence-electron chi connectivity index (χ1n) is 5.48. The van der Waals surface area contributed by atoms with Crippen LogP contribution in [0.4, 0.5) is 0 Å². The molecule has 0 aliphatic carbocycles. The second-order valence-corrected chi connectivity index (χ2v) is 3.11. The molecule has 0 amide bonds. The Morgan fingerprint density at radius 2 is 1.11 bits per heavy atom. The van der Waals surface area contributed by atoms with E-state index in [1.54, 1.807) is 0 Å². The second kappa shape index (κ2) is 21.9. The highest BCUT2D eigenvalue weighted by atomic mass is 16.5. The Morgan fingerprint density at radius 1 is 0.778 bits per heavy atom. The minimum Gasteiger partial charge on any atom is -0.394 e. The Hall–Kier alpha value is -0.320. The average Bonchev–Trinajstić information content (AvgIpc) is 2.39. The van der Waals surface area contributed by atoms with Crippen LogP contribution in [0.5, 0.6) is 0 Å². The van der Waals surface area contributed by atoms with Crippen LogP contribution in [0, 0.1) is 0 Å². The first kappa shape index (κ1) is 22.8. The summed E-state index contributed by atoms with van der Waals surface area (Å²) < 4.78 is 4.63. The van der Waals surface area contributed by atoms with Crippen LogP contribution in [-0.4, -0.2) is 94.2 Å². The Bertz CT molecular complexity index is 114. The van der Waals surface area contributed by atoms with E-state index in [0.717, 1.165) is 0 Å². The molecule has 8 heteroatoms. The summed E-state index contributed by atoms with van der Waals surface area (Å²) in [5.41, 5.74) is 0. The van der Waals surface area contributed by atoms with Gasteiger partial charge in [-0.1, -0.05) is 0 Å². The molecular weight excluding hydrogens is 248 g/mol. The number of aliphatic hydroxyl groups is 7. The van der Waals surface area contributed by atoms with Gasteiger partial charge in [0.05, 0.1) is 52.4 Å². The number of ether oxygens (including phenoxy) is 1. The molecule has 114 valence electrons. The van der Waals surface area contributed by atoms with E-state index in [9.17, 15) is 0 Å². The van der Waals surface area contributed by atoms with Crippen molar-refractivity contribution in [2.45, 2.75) is 19.1 Å². The smallest absolute Gasteiger partial charge is 0.100 e. The Morgan fingerprint density at radius 3 is 1.22 bits per heavy atom. The van der Waals surface area contributed by atoms with Crippen LogP contribution in [0.2, 0.25) is 0 Å². The molecule has 0 aromatic heterocycles. The first-order chi connectivity index (χ1) is 8.49. The Labute approximate surface area is 107 Å². The Kier molecular flexibility index (Phi) is 27.8. The molecule has 0 spiro atoms. The normalized spacial score (nSPS) is 11.2. The lowest BCUT2D eigenvalue weighted by atomic mass is 10.4. The maximum atomic E-state index is 8.17. The molecule has 0 rings (SSSR count). The first-order valence-corrected chi connectivity index (χ1v) is 5.48. The molecular formula is C10H26O8. The molecule has 8 nitrogen and oxygen atoms in total. The van der Waals surface area contributed by atoms with Gasteiger partial charge in [0.15, 0.2) is 0 Å². The van der Waals surface area contributed by atoms with Crippen molar-refractivity contribution in [1.82, 2.24) is 0 Å². The molecule has 0 aromatic carbocycles. The zero-order valence-corrected chi connectivity index (χ0v) is 10.6. The summed E-state index contributed by atoms with van der Waals surface area (Å²) >= 11 is 0. The van der Waals surface area contributed by atoms with Crippen LogP contribution in [0.1, 0.15) is 6.92 Å². The molecule has 7 N–H and O–H groups in total. The molecule has 1 atom stereocenters. The number of aliphatic hydroxyl groups excluding tert-OH is 7. The summed E-state index contributed by atoms with van der Waals surface area (Å²) in [5, 5.41) is 56.2. The van der Waals surface area contributed by atoms with Crippen molar-refractivity contribution < 1.29 is 40.5 Å². The number of rotatable bonds is 7. The summed E-state index contributed by atoms with van der Waals surface area (Å²) in [6.45, 7) is 1.36. The van der Waals surface area contributed by atoms with Gasteiger partial charge in [-0.3, -0.25) is 0 Å². The third-order valence-electron chi connectivity index (χ3n) is 1.16. The molecule has 0 aliphatic rings.